The number of hydrogen-bond acceptors (Lipinski definition) is 20. The van der Waals surface area contributed by atoms with Crippen LogP contribution < -0.4 is 10.7 Å². The van der Waals surface area contributed by atoms with E-state index >= 15 is 0 Å². The molecule has 0 saturated carbocycles. The molecule has 0 spiro atoms. The van der Waals surface area contributed by atoms with Crippen LogP contribution in [0.5, 0.6) is 11.5 Å². The summed E-state index contributed by atoms with van der Waals surface area (Å²) in [6.45, 7) is 0. The van der Waals surface area contributed by atoms with Gasteiger partial charge in [-0.1, -0.05) is 5.04 Å². The number of hydrazone groups is 1. The van der Waals surface area contributed by atoms with Gasteiger partial charge in [-0.15, -0.1) is 19.7 Å². The van der Waals surface area contributed by atoms with E-state index in [1.807, 2.05) is 0 Å². The SMILES string of the molecule is Nc1ccc(N=Nc2c(SOOO)cc3cc(S(=O)(=O)O)c(N=NC4C(=O)N(c5ccc(S(=O)(=O)O)cc5)N=C4C(=O)O)c(O)c3c2O)c(S(=O)(=O)O)c1. The van der Waals surface area contributed by atoms with E-state index < -0.39 is 108 Å². The number of amides is 1. The largest absolute Gasteiger partial charge is 0.505 e. The number of hydrogen-bond donors (Lipinski definition) is 8. The zero-order valence-electron chi connectivity index (χ0n) is 25.9. The van der Waals surface area contributed by atoms with Crippen molar-refractivity contribution in [2.45, 2.75) is 25.6 Å². The molecule has 24 nitrogen and oxygen atoms in total. The average molecular weight is 830 g/mol. The molecule has 0 fully saturated rings. The second-order valence-corrected chi connectivity index (χ2v) is 15.3. The van der Waals surface area contributed by atoms with E-state index in [9.17, 15) is 63.8 Å². The number of aliphatic carboxylic acids is 1. The molecule has 54 heavy (non-hydrogen) atoms. The highest BCUT2D eigenvalue weighted by Gasteiger charge is 2.41. The molecule has 0 aliphatic carbocycles. The molecule has 1 atom stereocenters. The van der Waals surface area contributed by atoms with Crippen molar-refractivity contribution in [3.63, 3.8) is 0 Å². The second kappa shape index (κ2) is 14.6. The zero-order valence-corrected chi connectivity index (χ0v) is 29.1. The summed E-state index contributed by atoms with van der Waals surface area (Å²) >= 11 is 0.115. The molecule has 1 aliphatic heterocycles. The fraction of sp³-hybridized carbons (Fsp3) is 0.0385. The number of phenolic OH excluding ortho intramolecular Hbond substituents is 2. The van der Waals surface area contributed by atoms with E-state index in [1.165, 1.54) is 6.07 Å². The van der Waals surface area contributed by atoms with Gasteiger partial charge in [-0.2, -0.15) is 40.5 Å². The summed E-state index contributed by atoms with van der Waals surface area (Å²) in [5, 5.41) is 61.9. The maximum Gasteiger partial charge on any atom is 0.355 e. The van der Waals surface area contributed by atoms with Crippen LogP contribution in [-0.4, -0.2) is 83.1 Å². The first-order valence-corrected chi connectivity index (χ1v) is 18.8. The van der Waals surface area contributed by atoms with Crippen LogP contribution in [-0.2, 0) is 49.3 Å². The minimum atomic E-state index is -5.37. The number of anilines is 2. The topological polar surface area (TPSA) is 388 Å². The van der Waals surface area contributed by atoms with Crippen molar-refractivity contribution < 1.29 is 78.4 Å². The third-order valence-corrected chi connectivity index (χ3v) is 10.2. The van der Waals surface area contributed by atoms with Crippen LogP contribution in [0.15, 0.2) is 99.7 Å². The number of rotatable bonds is 12. The number of carbonyl (C=O) groups is 2. The molecule has 4 aromatic carbocycles. The van der Waals surface area contributed by atoms with E-state index in [-0.39, 0.29) is 28.3 Å². The molecule has 284 valence electrons. The maximum absolute atomic E-state index is 13.3. The molecule has 5 rings (SSSR count). The number of benzene rings is 4. The minimum Gasteiger partial charge on any atom is -0.505 e. The van der Waals surface area contributed by atoms with Gasteiger partial charge in [0.15, 0.2) is 17.2 Å². The lowest BCUT2D eigenvalue weighted by Gasteiger charge is -2.14. The monoisotopic (exact) mass is 829 g/mol. The van der Waals surface area contributed by atoms with Crippen molar-refractivity contribution in [3.8, 4) is 11.5 Å². The highest BCUT2D eigenvalue weighted by molar-refractivity contribution is 7.94. The minimum absolute atomic E-state index is 0.107. The lowest BCUT2D eigenvalue weighted by molar-refractivity contribution is -0.432. The standard InChI is InChI=1S/C26H19N7O17S4/c27-11-1-6-14(16(9-11)53(43,44)45)28-29-19-15(51-50-49-39)7-10-8-17(54(46,47)48)20(24(35)18(10)23(19)34)30-31-21-22(26(37)38)32-33(25(21)36)12-2-4-13(5-3-12)52(40,41)42/h1-9,21,34-35,39H,27H2,(H,37,38)(H,40,41,42)(H,43,44,45)(H,46,47,48). The van der Waals surface area contributed by atoms with Gasteiger partial charge >= 0.3 is 5.97 Å². The molecule has 0 saturated heterocycles. The first kappa shape index (κ1) is 39.5. The molecule has 0 bridgehead atoms. The quantitative estimate of drug-likeness (QED) is 0.0253. The highest BCUT2D eigenvalue weighted by Crippen LogP contribution is 2.51. The Kier molecular flexibility index (Phi) is 10.7. The number of azo groups is 2. The van der Waals surface area contributed by atoms with Crippen LogP contribution in [0.3, 0.4) is 0 Å². The average Bonchev–Trinajstić information content (AvgIpc) is 3.41. The normalized spacial score (nSPS) is 15.5. The Morgan fingerprint density at radius 3 is 2.04 bits per heavy atom. The predicted octanol–water partition coefficient (Wildman–Crippen LogP) is 3.36. The summed E-state index contributed by atoms with van der Waals surface area (Å²) in [5.41, 5.74) is 1.88. The summed E-state index contributed by atoms with van der Waals surface area (Å²) < 4.78 is 105. The predicted molar refractivity (Wildman–Crippen MR) is 180 cm³/mol. The Bertz CT molecular complexity index is 2670. The number of carboxylic acids is 1. The van der Waals surface area contributed by atoms with Crippen molar-refractivity contribution in [3.05, 3.63) is 54.6 Å². The van der Waals surface area contributed by atoms with Gasteiger partial charge in [0.25, 0.3) is 36.3 Å². The number of nitrogens with two attached hydrogens (primary N) is 1. The first-order valence-electron chi connectivity index (χ1n) is 13.7. The highest BCUT2D eigenvalue weighted by atomic mass is 32.2. The fourth-order valence-electron chi connectivity index (χ4n) is 4.66. The second-order valence-electron chi connectivity index (χ2n) is 10.4. The Balaban J connectivity index is 1.67. The van der Waals surface area contributed by atoms with Gasteiger partial charge in [0.2, 0.25) is 6.04 Å². The molecule has 28 heteroatoms. The number of nitrogen functional groups attached to an aromatic ring is 1. The van der Waals surface area contributed by atoms with Gasteiger partial charge in [-0.05, 0) is 60.0 Å². The number of fused-ring (bicyclic) bond motifs is 1. The van der Waals surface area contributed by atoms with Gasteiger partial charge in [-0.3, -0.25) is 18.5 Å². The van der Waals surface area contributed by atoms with E-state index in [1.54, 1.807) is 0 Å². The van der Waals surface area contributed by atoms with Gasteiger partial charge in [0.1, 0.15) is 26.9 Å². The Morgan fingerprint density at radius 1 is 0.833 bits per heavy atom. The van der Waals surface area contributed by atoms with Crippen LogP contribution >= 0.6 is 12.0 Å². The molecule has 1 aliphatic rings. The van der Waals surface area contributed by atoms with Crippen LogP contribution in [0.1, 0.15) is 0 Å². The molecule has 0 radical (unpaired) electrons. The molecule has 0 aromatic heterocycles. The number of aromatic hydroxyl groups is 2. The molecular weight excluding hydrogens is 811 g/mol. The molecule has 4 aromatic rings. The number of nitrogens with zero attached hydrogens (tertiary/aromatic N) is 6. The van der Waals surface area contributed by atoms with Crippen LogP contribution in [0.2, 0.25) is 0 Å². The van der Waals surface area contributed by atoms with Crippen molar-refractivity contribution in [1.82, 2.24) is 0 Å². The van der Waals surface area contributed by atoms with E-state index in [0.717, 1.165) is 42.5 Å². The third-order valence-electron chi connectivity index (χ3n) is 6.98. The molecule has 9 N–H and O–H groups in total. The Labute approximate surface area is 304 Å². The van der Waals surface area contributed by atoms with Gasteiger partial charge in [0.05, 0.1) is 32.9 Å². The van der Waals surface area contributed by atoms with Crippen molar-refractivity contribution in [1.29, 1.82) is 0 Å². The molecule has 1 unspecified atom stereocenters. The van der Waals surface area contributed by atoms with Gasteiger partial charge in [-0.25, -0.2) is 10.1 Å². The maximum atomic E-state index is 13.3. The number of carboxylic acid groups (broad SMARTS) is 1. The van der Waals surface area contributed by atoms with E-state index in [0.29, 0.717) is 11.1 Å². The summed E-state index contributed by atoms with van der Waals surface area (Å²) in [5.74, 6) is -5.43. The summed E-state index contributed by atoms with van der Waals surface area (Å²) in [7, 11) is -15.0. The van der Waals surface area contributed by atoms with Crippen molar-refractivity contribution in [2.75, 3.05) is 10.7 Å². The summed E-state index contributed by atoms with van der Waals surface area (Å²) in [4.78, 5) is 22.3. The molecule has 1 amide bonds. The van der Waals surface area contributed by atoms with Crippen LogP contribution in [0.25, 0.3) is 10.8 Å². The lowest BCUT2D eigenvalue weighted by atomic mass is 10.1. The van der Waals surface area contributed by atoms with Crippen molar-refractivity contribution in [2.24, 2.45) is 25.6 Å². The number of carbonyl (C=O) groups excluding carboxylic acids is 1. The number of phenols is 2. The third kappa shape index (κ3) is 7.96. The Morgan fingerprint density at radius 2 is 1.46 bits per heavy atom. The van der Waals surface area contributed by atoms with Crippen molar-refractivity contribution >= 4 is 99.2 Å². The summed E-state index contributed by atoms with van der Waals surface area (Å²) in [6.07, 6.45) is 0. The smallest absolute Gasteiger partial charge is 0.355 e. The van der Waals surface area contributed by atoms with E-state index in [4.69, 9.17) is 11.0 Å². The fourth-order valence-corrected chi connectivity index (χ4v) is 6.95. The van der Waals surface area contributed by atoms with E-state index in [2.05, 4.69) is 34.9 Å². The van der Waals surface area contributed by atoms with Crippen LogP contribution in [0.4, 0.5) is 28.4 Å². The summed E-state index contributed by atoms with van der Waals surface area (Å²) in [6, 6.07) is 6.13. The van der Waals surface area contributed by atoms with Crippen LogP contribution in [0, 0.1) is 0 Å². The Hall–Kier alpha value is -5.69. The lowest BCUT2D eigenvalue weighted by Crippen LogP contribution is -2.33. The van der Waals surface area contributed by atoms with Gasteiger partial charge in [0, 0.05) is 5.69 Å². The molecule has 1 heterocycles. The first-order chi connectivity index (χ1) is 25.1. The zero-order chi connectivity index (χ0) is 39.9. The van der Waals surface area contributed by atoms with Gasteiger partial charge < -0.3 is 21.1 Å². The molecular formula is C26H19N7O17S4.